The molecule has 0 radical (unpaired) electrons. The van der Waals surface area contributed by atoms with Crippen LogP contribution < -0.4 is 9.50 Å². The highest BCUT2D eigenvalue weighted by atomic mass is 32.2. The van der Waals surface area contributed by atoms with Gasteiger partial charge in [-0.2, -0.15) is 8.42 Å². The van der Waals surface area contributed by atoms with Crippen LogP contribution in [0.1, 0.15) is 23.5 Å². The molecule has 8 nitrogen and oxygen atoms in total. The number of rotatable bonds is 10. The maximum absolute atomic E-state index is 12.4. The molecule has 0 aromatic heterocycles. The van der Waals surface area contributed by atoms with Crippen LogP contribution in [0.2, 0.25) is 0 Å². The summed E-state index contributed by atoms with van der Waals surface area (Å²) in [5.41, 5.74) is 1.54. The van der Waals surface area contributed by atoms with Crippen molar-refractivity contribution >= 4 is 22.2 Å². The second-order valence-electron chi connectivity index (χ2n) is 7.34. The van der Waals surface area contributed by atoms with E-state index in [1.165, 1.54) is 31.4 Å². The van der Waals surface area contributed by atoms with Crippen molar-refractivity contribution in [3.8, 4) is 5.75 Å². The fourth-order valence-electron chi connectivity index (χ4n) is 3.13. The van der Waals surface area contributed by atoms with Crippen molar-refractivity contribution in [2.45, 2.75) is 23.8 Å². The molecule has 0 aliphatic carbocycles. The summed E-state index contributed by atoms with van der Waals surface area (Å²) in [5.74, 6) is -0.743. The average Bonchev–Trinajstić information content (AvgIpc) is 2.86. The summed E-state index contributed by atoms with van der Waals surface area (Å²) in [7, 11) is -2.68. The molecule has 0 fully saturated rings. The van der Waals surface area contributed by atoms with Crippen molar-refractivity contribution < 1.29 is 31.7 Å². The van der Waals surface area contributed by atoms with Crippen LogP contribution in [-0.2, 0) is 31.0 Å². The van der Waals surface area contributed by atoms with Crippen molar-refractivity contribution in [2.75, 3.05) is 13.7 Å². The largest absolute Gasteiger partial charge is 0.469 e. The maximum atomic E-state index is 12.4. The number of hydrogen-bond donors (Lipinski definition) is 1. The van der Waals surface area contributed by atoms with Gasteiger partial charge in [0.05, 0.1) is 13.5 Å². The molecule has 1 N–H and O–H groups in total. The molecule has 34 heavy (non-hydrogen) atoms. The topological polar surface area (TPSA) is 108 Å². The van der Waals surface area contributed by atoms with Crippen LogP contribution >= 0.6 is 0 Å². The van der Waals surface area contributed by atoms with E-state index in [0.717, 1.165) is 5.56 Å². The lowest BCUT2D eigenvalue weighted by atomic mass is 9.95. The fraction of sp³-hybridized carbons (Fsp3) is 0.200. The molecule has 0 heterocycles. The number of hydrogen-bond acceptors (Lipinski definition) is 7. The second kappa shape index (κ2) is 11.9. The summed E-state index contributed by atoms with van der Waals surface area (Å²) < 4.78 is 40.0. The molecule has 3 aromatic rings. The van der Waals surface area contributed by atoms with Gasteiger partial charge in [0.25, 0.3) is 0 Å². The Bertz CT molecular complexity index is 1180. The summed E-state index contributed by atoms with van der Waals surface area (Å²) >= 11 is 0. The third kappa shape index (κ3) is 7.35. The fourth-order valence-corrected chi connectivity index (χ4v) is 4.08. The van der Waals surface area contributed by atoms with E-state index in [2.05, 4.69) is 5.32 Å². The SMILES string of the molecule is COC(=O)CC(CNC(=O)OCc1ccccc1)c1ccc(OS(=O)(=O)c2ccccc2)cc1. The van der Waals surface area contributed by atoms with Gasteiger partial charge in [0.1, 0.15) is 17.3 Å². The number of nitrogens with one attached hydrogen (secondary N) is 1. The Kier molecular flexibility index (Phi) is 8.64. The number of carbonyl (C=O) groups excluding carboxylic acids is 2. The molecular weight excluding hydrogens is 458 g/mol. The highest BCUT2D eigenvalue weighted by molar-refractivity contribution is 7.87. The van der Waals surface area contributed by atoms with Crippen LogP contribution in [0, 0.1) is 0 Å². The Balaban J connectivity index is 1.63. The van der Waals surface area contributed by atoms with Gasteiger partial charge >= 0.3 is 22.2 Å². The standard InChI is InChI=1S/C25H25NO7S/c1-31-24(27)16-21(17-26-25(28)32-18-19-8-4-2-5-9-19)20-12-14-22(15-13-20)33-34(29,30)23-10-6-3-7-11-23/h2-15,21H,16-18H2,1H3,(H,26,28). The minimum Gasteiger partial charge on any atom is -0.469 e. The summed E-state index contributed by atoms with van der Waals surface area (Å²) in [4.78, 5) is 24.1. The lowest BCUT2D eigenvalue weighted by Crippen LogP contribution is -2.30. The van der Waals surface area contributed by atoms with Crippen LogP contribution in [0.25, 0.3) is 0 Å². The first kappa shape index (κ1) is 24.8. The summed E-state index contributed by atoms with van der Waals surface area (Å²) in [6.07, 6.45) is -0.606. The third-order valence-corrected chi connectivity index (χ3v) is 6.20. The van der Waals surface area contributed by atoms with Gasteiger partial charge in [0, 0.05) is 12.5 Å². The van der Waals surface area contributed by atoms with Gasteiger partial charge in [-0.25, -0.2) is 4.79 Å². The zero-order valence-electron chi connectivity index (χ0n) is 18.5. The molecule has 3 rings (SSSR count). The number of amides is 1. The quantitative estimate of drug-likeness (QED) is 0.343. The van der Waals surface area contributed by atoms with E-state index in [4.69, 9.17) is 13.7 Å². The molecule has 1 unspecified atom stereocenters. The first-order valence-corrected chi connectivity index (χ1v) is 11.9. The minimum atomic E-state index is -3.97. The highest BCUT2D eigenvalue weighted by Gasteiger charge is 2.20. The Hall–Kier alpha value is -3.85. The lowest BCUT2D eigenvalue weighted by Gasteiger charge is -2.17. The van der Waals surface area contributed by atoms with E-state index in [0.29, 0.717) is 5.56 Å². The summed E-state index contributed by atoms with van der Waals surface area (Å²) in [5, 5.41) is 2.66. The minimum absolute atomic E-state index is 0.0119. The molecule has 1 amide bonds. The van der Waals surface area contributed by atoms with Crippen molar-refractivity contribution in [1.29, 1.82) is 0 Å². The molecule has 3 aromatic carbocycles. The highest BCUT2D eigenvalue weighted by Crippen LogP contribution is 2.24. The second-order valence-corrected chi connectivity index (χ2v) is 8.89. The number of benzene rings is 3. The van der Waals surface area contributed by atoms with Crippen molar-refractivity contribution in [2.24, 2.45) is 0 Å². The van der Waals surface area contributed by atoms with Gasteiger partial charge in [-0.1, -0.05) is 60.7 Å². The number of esters is 1. The van der Waals surface area contributed by atoms with Crippen LogP contribution in [0.5, 0.6) is 5.75 Å². The molecule has 9 heteroatoms. The zero-order valence-corrected chi connectivity index (χ0v) is 19.4. The molecule has 0 bridgehead atoms. The Morgan fingerprint density at radius 1 is 0.882 bits per heavy atom. The molecule has 1 atom stereocenters. The Morgan fingerprint density at radius 3 is 2.12 bits per heavy atom. The van der Waals surface area contributed by atoms with Crippen LogP contribution in [-0.4, -0.2) is 34.1 Å². The molecular formula is C25H25NO7S. The van der Waals surface area contributed by atoms with Crippen LogP contribution in [0.15, 0.2) is 89.8 Å². The first-order chi connectivity index (χ1) is 16.4. The molecule has 178 valence electrons. The predicted octanol–water partition coefficient (Wildman–Crippen LogP) is 4.03. The van der Waals surface area contributed by atoms with Crippen LogP contribution in [0.4, 0.5) is 4.79 Å². The van der Waals surface area contributed by atoms with Gasteiger partial charge in [0.15, 0.2) is 0 Å². The zero-order chi connectivity index (χ0) is 24.4. The number of carbonyl (C=O) groups is 2. The average molecular weight is 484 g/mol. The Labute approximate surface area is 198 Å². The number of alkyl carbamates (subject to hydrolysis) is 1. The predicted molar refractivity (Wildman–Crippen MR) is 125 cm³/mol. The smallest absolute Gasteiger partial charge is 0.407 e. The van der Waals surface area contributed by atoms with Crippen LogP contribution in [0.3, 0.4) is 0 Å². The van der Waals surface area contributed by atoms with E-state index in [9.17, 15) is 18.0 Å². The van der Waals surface area contributed by atoms with E-state index < -0.39 is 28.1 Å². The molecule has 0 aliphatic heterocycles. The van der Waals surface area contributed by atoms with Crippen molar-refractivity contribution in [1.82, 2.24) is 5.32 Å². The molecule has 0 aliphatic rings. The van der Waals surface area contributed by atoms with Gasteiger partial charge in [-0.15, -0.1) is 0 Å². The molecule has 0 saturated carbocycles. The van der Waals surface area contributed by atoms with Gasteiger partial charge < -0.3 is 19.0 Å². The summed E-state index contributed by atoms with van der Waals surface area (Å²) in [6.45, 7) is 0.238. The normalized spacial score (nSPS) is 11.8. The van der Waals surface area contributed by atoms with Gasteiger partial charge in [0.2, 0.25) is 0 Å². The van der Waals surface area contributed by atoms with E-state index >= 15 is 0 Å². The first-order valence-electron chi connectivity index (χ1n) is 10.5. The number of ether oxygens (including phenoxy) is 2. The monoisotopic (exact) mass is 483 g/mol. The van der Waals surface area contributed by atoms with E-state index in [1.54, 1.807) is 30.3 Å². The van der Waals surface area contributed by atoms with E-state index in [-0.39, 0.29) is 30.2 Å². The molecule has 0 saturated heterocycles. The third-order valence-electron chi connectivity index (χ3n) is 4.94. The van der Waals surface area contributed by atoms with Gasteiger partial charge in [-0.3, -0.25) is 4.79 Å². The van der Waals surface area contributed by atoms with Crippen molar-refractivity contribution in [3.05, 3.63) is 96.1 Å². The molecule has 0 spiro atoms. The summed E-state index contributed by atoms with van der Waals surface area (Å²) in [6, 6.07) is 23.3. The maximum Gasteiger partial charge on any atom is 0.407 e. The number of methoxy groups -OCH3 is 1. The van der Waals surface area contributed by atoms with Crippen molar-refractivity contribution in [3.63, 3.8) is 0 Å². The van der Waals surface area contributed by atoms with E-state index in [1.807, 2.05) is 30.3 Å². The van der Waals surface area contributed by atoms with Gasteiger partial charge in [-0.05, 0) is 35.4 Å². The Morgan fingerprint density at radius 2 is 1.50 bits per heavy atom. The lowest BCUT2D eigenvalue weighted by molar-refractivity contribution is -0.141.